The molecule has 0 aliphatic heterocycles. The van der Waals surface area contributed by atoms with Crippen molar-refractivity contribution < 1.29 is 4.79 Å². The Hall–Kier alpha value is -0.770. The zero-order chi connectivity index (χ0) is 17.6. The summed E-state index contributed by atoms with van der Waals surface area (Å²) in [7, 11) is 7.48. The van der Waals surface area contributed by atoms with Gasteiger partial charge in [0, 0.05) is 50.6 Å². The first kappa shape index (κ1) is 23.2. The number of hydrogen-bond donors (Lipinski definition) is 1. The highest BCUT2D eigenvalue weighted by atomic mass is 127. The normalized spacial score (nSPS) is 12.4. The van der Waals surface area contributed by atoms with Crippen LogP contribution in [0.4, 0.5) is 0 Å². The van der Waals surface area contributed by atoms with Crippen LogP contribution >= 0.6 is 39.9 Å². The van der Waals surface area contributed by atoms with Crippen molar-refractivity contribution in [3.05, 3.63) is 22.4 Å². The van der Waals surface area contributed by atoms with Gasteiger partial charge in [0.2, 0.25) is 5.91 Å². The minimum atomic E-state index is -0.0107. The second-order valence-corrected chi connectivity index (χ2v) is 6.91. The number of hydrogen-bond acceptors (Lipinski definition) is 2. The largest absolute Gasteiger partial charge is 0.354 e. The SMILES string of the molecule is CCC(C)NC(=NCC(=O)N(C)C)N(C)Cc1cc(Br)cn1C.I. The van der Waals surface area contributed by atoms with E-state index in [9.17, 15) is 4.79 Å². The smallest absolute Gasteiger partial charge is 0.243 e. The van der Waals surface area contributed by atoms with Crippen molar-refractivity contribution in [2.24, 2.45) is 12.0 Å². The van der Waals surface area contributed by atoms with Gasteiger partial charge in [-0.25, -0.2) is 4.99 Å². The summed E-state index contributed by atoms with van der Waals surface area (Å²) in [6.45, 7) is 5.08. The van der Waals surface area contributed by atoms with E-state index in [4.69, 9.17) is 0 Å². The molecule has 1 heterocycles. The molecule has 0 aliphatic carbocycles. The molecule has 24 heavy (non-hydrogen) atoms. The fourth-order valence-corrected chi connectivity index (χ4v) is 2.50. The number of nitrogens with zero attached hydrogens (tertiary/aromatic N) is 4. The third-order valence-corrected chi connectivity index (χ3v) is 4.12. The highest BCUT2D eigenvalue weighted by molar-refractivity contribution is 14.0. The number of guanidine groups is 1. The Morgan fingerprint density at radius 2 is 2.04 bits per heavy atom. The number of halogens is 2. The second kappa shape index (κ2) is 11.0. The molecular formula is C16H29BrIN5O. The van der Waals surface area contributed by atoms with Gasteiger partial charge in [-0.3, -0.25) is 4.79 Å². The predicted molar refractivity (Wildman–Crippen MR) is 114 cm³/mol. The summed E-state index contributed by atoms with van der Waals surface area (Å²) in [6.07, 6.45) is 3.02. The van der Waals surface area contributed by atoms with Gasteiger partial charge in [0.05, 0.1) is 6.54 Å². The molecule has 0 saturated heterocycles. The van der Waals surface area contributed by atoms with Gasteiger partial charge in [-0.05, 0) is 35.3 Å². The van der Waals surface area contributed by atoms with E-state index in [-0.39, 0.29) is 36.4 Å². The topological polar surface area (TPSA) is 52.9 Å². The molecule has 0 spiro atoms. The first-order valence-corrected chi connectivity index (χ1v) is 8.56. The Morgan fingerprint density at radius 3 is 2.50 bits per heavy atom. The maximum Gasteiger partial charge on any atom is 0.243 e. The fourth-order valence-electron chi connectivity index (χ4n) is 1.92. The third kappa shape index (κ3) is 7.42. The van der Waals surface area contributed by atoms with Crippen LogP contribution in [0.3, 0.4) is 0 Å². The standard InChI is InChI=1S/C16H28BrN5O.HI/c1-7-12(2)19-16(18-9-15(23)20(3)4)22(6)11-14-8-13(17)10-21(14)5;/h8,10,12H,7,9,11H2,1-6H3,(H,18,19);1H. The van der Waals surface area contributed by atoms with Crippen LogP contribution in [0, 0.1) is 0 Å². The van der Waals surface area contributed by atoms with Gasteiger partial charge < -0.3 is 19.7 Å². The molecule has 1 N–H and O–H groups in total. The molecule has 1 atom stereocenters. The summed E-state index contributed by atoms with van der Waals surface area (Å²) in [5.74, 6) is 0.732. The Morgan fingerprint density at radius 1 is 1.42 bits per heavy atom. The van der Waals surface area contributed by atoms with E-state index in [1.807, 2.05) is 25.2 Å². The van der Waals surface area contributed by atoms with Crippen LogP contribution in [-0.4, -0.2) is 60.0 Å². The number of nitrogens with one attached hydrogen (secondary N) is 1. The van der Waals surface area contributed by atoms with E-state index < -0.39 is 0 Å². The lowest BCUT2D eigenvalue weighted by molar-refractivity contribution is -0.127. The van der Waals surface area contributed by atoms with Gasteiger partial charge in [0.1, 0.15) is 6.54 Å². The molecule has 138 valence electrons. The number of likely N-dealkylation sites (N-methyl/N-ethyl adjacent to an activating group) is 1. The summed E-state index contributed by atoms with van der Waals surface area (Å²) < 4.78 is 3.13. The lowest BCUT2D eigenvalue weighted by Gasteiger charge is -2.25. The monoisotopic (exact) mass is 513 g/mol. The van der Waals surface area contributed by atoms with E-state index in [1.165, 1.54) is 0 Å². The maximum absolute atomic E-state index is 11.8. The first-order chi connectivity index (χ1) is 10.7. The molecule has 8 heteroatoms. The molecule has 1 aromatic rings. The van der Waals surface area contributed by atoms with Crippen LogP contribution in [-0.2, 0) is 18.4 Å². The number of aryl methyl sites for hydroxylation is 1. The van der Waals surface area contributed by atoms with Crippen molar-refractivity contribution in [2.75, 3.05) is 27.7 Å². The van der Waals surface area contributed by atoms with E-state index in [0.717, 1.165) is 22.5 Å². The Balaban J connectivity index is 0.00000529. The minimum absolute atomic E-state index is 0. The highest BCUT2D eigenvalue weighted by Gasteiger charge is 2.13. The van der Waals surface area contributed by atoms with Crippen LogP contribution in [0.1, 0.15) is 26.0 Å². The highest BCUT2D eigenvalue weighted by Crippen LogP contribution is 2.15. The predicted octanol–water partition coefficient (Wildman–Crippen LogP) is 2.67. The van der Waals surface area contributed by atoms with E-state index in [1.54, 1.807) is 19.0 Å². The molecule has 6 nitrogen and oxygen atoms in total. The summed E-state index contributed by atoms with van der Waals surface area (Å²) in [5.41, 5.74) is 1.16. The molecular weight excluding hydrogens is 485 g/mol. The van der Waals surface area contributed by atoms with Crippen LogP contribution in [0.15, 0.2) is 21.7 Å². The summed E-state index contributed by atoms with van der Waals surface area (Å²) in [6, 6.07) is 2.38. The zero-order valence-corrected chi connectivity index (χ0v) is 19.3. The van der Waals surface area contributed by atoms with Gasteiger partial charge in [-0.15, -0.1) is 24.0 Å². The zero-order valence-electron chi connectivity index (χ0n) is 15.3. The van der Waals surface area contributed by atoms with Crippen LogP contribution in [0.5, 0.6) is 0 Å². The van der Waals surface area contributed by atoms with Crippen molar-refractivity contribution in [1.82, 2.24) is 19.7 Å². The number of rotatable bonds is 6. The molecule has 0 aliphatic rings. The number of aliphatic imine (C=N–C) groups is 1. The van der Waals surface area contributed by atoms with E-state index in [2.05, 4.69) is 50.7 Å². The number of carbonyl (C=O) groups excluding carboxylic acids is 1. The van der Waals surface area contributed by atoms with Gasteiger partial charge in [-0.1, -0.05) is 6.92 Å². The van der Waals surface area contributed by atoms with E-state index >= 15 is 0 Å². The summed E-state index contributed by atoms with van der Waals surface area (Å²) in [4.78, 5) is 19.9. The van der Waals surface area contributed by atoms with Crippen molar-refractivity contribution in [3.8, 4) is 0 Å². The second-order valence-electron chi connectivity index (χ2n) is 6.00. The summed E-state index contributed by atoms with van der Waals surface area (Å²) in [5, 5.41) is 3.39. The fraction of sp³-hybridized carbons (Fsp3) is 0.625. The van der Waals surface area contributed by atoms with Crippen molar-refractivity contribution in [3.63, 3.8) is 0 Å². The molecule has 0 radical (unpaired) electrons. The van der Waals surface area contributed by atoms with Gasteiger partial charge in [0.25, 0.3) is 0 Å². The molecule has 1 rings (SSSR count). The van der Waals surface area contributed by atoms with E-state index in [0.29, 0.717) is 12.6 Å². The molecule has 0 fully saturated rings. The lowest BCUT2D eigenvalue weighted by Crippen LogP contribution is -2.43. The van der Waals surface area contributed by atoms with Gasteiger partial charge in [0.15, 0.2) is 5.96 Å². The first-order valence-electron chi connectivity index (χ1n) is 7.77. The Labute approximate surface area is 170 Å². The average molecular weight is 514 g/mol. The van der Waals surface area contributed by atoms with Crippen molar-refractivity contribution >= 4 is 51.8 Å². The van der Waals surface area contributed by atoms with Crippen molar-refractivity contribution in [2.45, 2.75) is 32.9 Å². The molecule has 1 amide bonds. The third-order valence-electron chi connectivity index (χ3n) is 3.69. The molecule has 0 bridgehead atoms. The average Bonchev–Trinajstić information content (AvgIpc) is 2.80. The number of carbonyl (C=O) groups is 1. The van der Waals surface area contributed by atoms with Gasteiger partial charge >= 0.3 is 0 Å². The Bertz CT molecular complexity index is 559. The van der Waals surface area contributed by atoms with Crippen LogP contribution in [0.2, 0.25) is 0 Å². The summed E-state index contributed by atoms with van der Waals surface area (Å²) >= 11 is 3.49. The maximum atomic E-state index is 11.8. The van der Waals surface area contributed by atoms with Gasteiger partial charge in [-0.2, -0.15) is 0 Å². The van der Waals surface area contributed by atoms with Crippen molar-refractivity contribution in [1.29, 1.82) is 0 Å². The number of amides is 1. The Kier molecular flexibility index (Phi) is 10.6. The van der Waals surface area contributed by atoms with Crippen LogP contribution in [0.25, 0.3) is 0 Å². The molecule has 1 aromatic heterocycles. The minimum Gasteiger partial charge on any atom is -0.354 e. The van der Waals surface area contributed by atoms with Crippen LogP contribution < -0.4 is 5.32 Å². The molecule has 1 unspecified atom stereocenters. The quantitative estimate of drug-likeness (QED) is 0.361. The lowest BCUT2D eigenvalue weighted by atomic mass is 10.3. The number of aromatic nitrogens is 1. The molecule has 0 saturated carbocycles. The molecule has 0 aromatic carbocycles.